The molecule has 0 aromatic carbocycles. The fourth-order valence-corrected chi connectivity index (χ4v) is 3.35. The Morgan fingerprint density at radius 1 is 1.31 bits per heavy atom. The van der Waals surface area contributed by atoms with Gasteiger partial charge in [-0.1, -0.05) is 0 Å². The summed E-state index contributed by atoms with van der Waals surface area (Å²) in [5.74, 6) is 0.730. The Morgan fingerprint density at radius 3 is 2.65 bits per heavy atom. The predicted molar refractivity (Wildman–Crippen MR) is 94.8 cm³/mol. The van der Waals surface area contributed by atoms with Gasteiger partial charge in [0.25, 0.3) is 5.91 Å². The van der Waals surface area contributed by atoms with Gasteiger partial charge in [0.15, 0.2) is 0 Å². The molecule has 0 bridgehead atoms. The molecular weight excluding hydrogens is 332 g/mol. The molecule has 2 fully saturated rings. The molecule has 0 atom stereocenters. The lowest BCUT2D eigenvalue weighted by Crippen LogP contribution is -2.61. The van der Waals surface area contributed by atoms with Gasteiger partial charge in [-0.3, -0.25) is 14.3 Å². The zero-order valence-corrected chi connectivity index (χ0v) is 15.4. The molecule has 2 aromatic rings. The van der Waals surface area contributed by atoms with Crippen molar-refractivity contribution in [3.8, 4) is 0 Å². The Bertz CT molecular complexity index is 843. The van der Waals surface area contributed by atoms with Crippen LogP contribution >= 0.6 is 0 Å². The highest BCUT2D eigenvalue weighted by Gasteiger charge is 2.38. The molecule has 4 rings (SSSR count). The smallest absolute Gasteiger partial charge is 0.272 e. The maximum Gasteiger partial charge on any atom is 0.272 e. The molecule has 0 N–H and O–H groups in total. The molecule has 0 spiro atoms. The summed E-state index contributed by atoms with van der Waals surface area (Å²) in [6.07, 6.45) is 4.04. The second-order valence-electron chi connectivity index (χ2n) is 7.42. The van der Waals surface area contributed by atoms with E-state index < -0.39 is 0 Å². The SMILES string of the molecule is Cc1cc(C(=O)N2CC(N(C)C(=O)Cc3occc3C)C2)n(C2CC2)n1. The minimum atomic E-state index is 0.0106. The summed E-state index contributed by atoms with van der Waals surface area (Å²) in [6, 6.07) is 4.15. The number of amides is 2. The van der Waals surface area contributed by atoms with Crippen LogP contribution in [0.3, 0.4) is 0 Å². The molecule has 138 valence electrons. The number of nitrogens with zero attached hydrogens (tertiary/aromatic N) is 4. The van der Waals surface area contributed by atoms with Crippen molar-refractivity contribution in [1.82, 2.24) is 19.6 Å². The molecule has 7 nitrogen and oxygen atoms in total. The van der Waals surface area contributed by atoms with Crippen molar-refractivity contribution < 1.29 is 14.0 Å². The van der Waals surface area contributed by atoms with Gasteiger partial charge in [0.05, 0.1) is 30.5 Å². The number of likely N-dealkylation sites (tertiary alicyclic amines) is 1. The second kappa shape index (κ2) is 6.30. The highest BCUT2D eigenvalue weighted by molar-refractivity contribution is 5.93. The van der Waals surface area contributed by atoms with E-state index in [2.05, 4.69) is 5.10 Å². The van der Waals surface area contributed by atoms with E-state index in [9.17, 15) is 9.59 Å². The Labute approximate surface area is 152 Å². The number of aryl methyl sites for hydroxylation is 2. The Kier molecular flexibility index (Phi) is 4.09. The molecule has 26 heavy (non-hydrogen) atoms. The van der Waals surface area contributed by atoms with Crippen molar-refractivity contribution >= 4 is 11.8 Å². The third kappa shape index (κ3) is 3.02. The molecule has 1 saturated heterocycles. The number of furan rings is 1. The molecule has 2 aliphatic rings. The standard InChI is InChI=1S/C19H24N4O3/c1-12-6-7-26-17(12)9-18(24)21(3)15-10-22(11-15)19(25)16-8-13(2)20-23(16)14-4-5-14/h6-8,14-15H,4-5,9-11H2,1-3H3. The van der Waals surface area contributed by atoms with Crippen LogP contribution in [0.2, 0.25) is 0 Å². The highest BCUT2D eigenvalue weighted by atomic mass is 16.3. The number of aromatic nitrogens is 2. The van der Waals surface area contributed by atoms with E-state index in [1.165, 1.54) is 0 Å². The van der Waals surface area contributed by atoms with Gasteiger partial charge >= 0.3 is 0 Å². The Morgan fingerprint density at radius 2 is 2.04 bits per heavy atom. The van der Waals surface area contributed by atoms with Crippen LogP contribution in [0.25, 0.3) is 0 Å². The summed E-state index contributed by atoms with van der Waals surface area (Å²) in [4.78, 5) is 28.8. The summed E-state index contributed by atoms with van der Waals surface area (Å²) in [5, 5.41) is 4.46. The lowest BCUT2D eigenvalue weighted by molar-refractivity contribution is -0.134. The third-order valence-electron chi connectivity index (χ3n) is 5.34. The topological polar surface area (TPSA) is 71.6 Å². The number of carbonyl (C=O) groups is 2. The molecule has 0 unspecified atom stereocenters. The van der Waals surface area contributed by atoms with Crippen LogP contribution in [0.4, 0.5) is 0 Å². The molecule has 3 heterocycles. The average Bonchev–Trinajstić information content (AvgIpc) is 3.22. The molecule has 1 aliphatic carbocycles. The molecule has 0 radical (unpaired) electrons. The summed E-state index contributed by atoms with van der Waals surface area (Å²) in [5.41, 5.74) is 2.53. The summed E-state index contributed by atoms with van der Waals surface area (Å²) >= 11 is 0. The van der Waals surface area contributed by atoms with E-state index in [1.807, 2.05) is 30.7 Å². The van der Waals surface area contributed by atoms with Crippen molar-refractivity contribution in [3.05, 3.63) is 41.1 Å². The van der Waals surface area contributed by atoms with Crippen LogP contribution in [0.1, 0.15) is 46.4 Å². The normalized spacial score (nSPS) is 17.3. The van der Waals surface area contributed by atoms with Crippen LogP contribution in [0, 0.1) is 13.8 Å². The van der Waals surface area contributed by atoms with Crippen LogP contribution in [-0.4, -0.2) is 57.6 Å². The number of likely N-dealkylation sites (N-methyl/N-ethyl adjacent to an activating group) is 1. The van der Waals surface area contributed by atoms with Crippen molar-refractivity contribution in [2.45, 2.75) is 45.2 Å². The largest absolute Gasteiger partial charge is 0.469 e. The number of carbonyl (C=O) groups excluding carboxylic acids is 2. The Balaban J connectivity index is 1.35. The van der Waals surface area contributed by atoms with E-state index in [0.717, 1.165) is 24.1 Å². The van der Waals surface area contributed by atoms with Gasteiger partial charge in [0.2, 0.25) is 5.91 Å². The maximum atomic E-state index is 12.8. The molecule has 7 heteroatoms. The number of hydrogen-bond acceptors (Lipinski definition) is 4. The lowest BCUT2D eigenvalue weighted by Gasteiger charge is -2.43. The fourth-order valence-electron chi connectivity index (χ4n) is 3.35. The second-order valence-corrected chi connectivity index (χ2v) is 7.42. The minimum Gasteiger partial charge on any atom is -0.469 e. The zero-order chi connectivity index (χ0) is 18.4. The van der Waals surface area contributed by atoms with Crippen LogP contribution in [-0.2, 0) is 11.2 Å². The van der Waals surface area contributed by atoms with Crippen molar-refractivity contribution in [2.24, 2.45) is 0 Å². The van der Waals surface area contributed by atoms with Gasteiger partial charge in [-0.05, 0) is 44.4 Å². The predicted octanol–water partition coefficient (Wildman–Crippen LogP) is 1.95. The van der Waals surface area contributed by atoms with Gasteiger partial charge in [-0.15, -0.1) is 0 Å². The minimum absolute atomic E-state index is 0.0106. The van der Waals surface area contributed by atoms with Gasteiger partial charge < -0.3 is 14.2 Å². The monoisotopic (exact) mass is 356 g/mol. The highest BCUT2D eigenvalue weighted by Crippen LogP contribution is 2.36. The molecule has 1 saturated carbocycles. The van der Waals surface area contributed by atoms with E-state index in [0.29, 0.717) is 30.6 Å². The van der Waals surface area contributed by atoms with E-state index in [1.54, 1.807) is 23.1 Å². The summed E-state index contributed by atoms with van der Waals surface area (Å²) < 4.78 is 7.23. The Hall–Kier alpha value is -2.57. The molecule has 1 aliphatic heterocycles. The summed E-state index contributed by atoms with van der Waals surface area (Å²) in [7, 11) is 1.80. The van der Waals surface area contributed by atoms with Gasteiger partial charge in [-0.25, -0.2) is 0 Å². The van der Waals surface area contributed by atoms with Gasteiger partial charge in [-0.2, -0.15) is 5.10 Å². The maximum absolute atomic E-state index is 12.8. The van der Waals surface area contributed by atoms with Crippen LogP contribution in [0.15, 0.2) is 22.8 Å². The fraction of sp³-hybridized carbons (Fsp3) is 0.526. The number of rotatable bonds is 5. The lowest BCUT2D eigenvalue weighted by atomic mass is 10.1. The van der Waals surface area contributed by atoms with Crippen molar-refractivity contribution in [2.75, 3.05) is 20.1 Å². The molecular formula is C19H24N4O3. The quantitative estimate of drug-likeness (QED) is 0.821. The first-order valence-corrected chi connectivity index (χ1v) is 9.08. The first kappa shape index (κ1) is 16.9. The van der Waals surface area contributed by atoms with E-state index in [4.69, 9.17) is 4.42 Å². The summed E-state index contributed by atoms with van der Waals surface area (Å²) in [6.45, 7) is 4.97. The number of hydrogen-bond donors (Lipinski definition) is 0. The van der Waals surface area contributed by atoms with Gasteiger partial charge in [0, 0.05) is 20.1 Å². The van der Waals surface area contributed by atoms with E-state index >= 15 is 0 Å². The first-order chi connectivity index (χ1) is 12.4. The average molecular weight is 356 g/mol. The molecule has 2 amide bonds. The van der Waals surface area contributed by atoms with Crippen LogP contribution in [0.5, 0.6) is 0 Å². The third-order valence-corrected chi connectivity index (χ3v) is 5.34. The van der Waals surface area contributed by atoms with Crippen LogP contribution < -0.4 is 0 Å². The first-order valence-electron chi connectivity index (χ1n) is 9.08. The van der Waals surface area contributed by atoms with Gasteiger partial charge in [0.1, 0.15) is 11.5 Å². The van der Waals surface area contributed by atoms with Crippen molar-refractivity contribution in [1.29, 1.82) is 0 Å². The van der Waals surface area contributed by atoms with E-state index in [-0.39, 0.29) is 24.3 Å². The molecule has 2 aromatic heterocycles. The zero-order valence-electron chi connectivity index (χ0n) is 15.4. The van der Waals surface area contributed by atoms with Crippen molar-refractivity contribution in [3.63, 3.8) is 0 Å².